The fourth-order valence-corrected chi connectivity index (χ4v) is 3.46. The van der Waals surface area contributed by atoms with Gasteiger partial charge in [0, 0.05) is 33.7 Å². The van der Waals surface area contributed by atoms with Crippen LogP contribution in [0.4, 0.5) is 0 Å². The lowest BCUT2D eigenvalue weighted by molar-refractivity contribution is -0.128. The molecular weight excluding hydrogens is 278 g/mol. The molecule has 0 saturated carbocycles. The first-order valence-corrected chi connectivity index (χ1v) is 7.17. The first kappa shape index (κ1) is 17.6. The number of hydrogen-bond donors (Lipinski definition) is 1. The largest absolute Gasteiger partial charge is 0.348 e. The van der Waals surface area contributed by atoms with Crippen LogP contribution in [-0.2, 0) is 14.8 Å². The Morgan fingerprint density at radius 3 is 2.28 bits per heavy atom. The van der Waals surface area contributed by atoms with Crippen molar-refractivity contribution in [3.63, 3.8) is 0 Å². The van der Waals surface area contributed by atoms with E-state index in [1.54, 1.807) is 21.1 Å². The SMILES string of the molecule is CC(C(=O)N(C)C)S(=O)(=O)N(C)C1CCNC1.Cl. The Morgan fingerprint density at radius 1 is 1.33 bits per heavy atom. The Balaban J connectivity index is 0.00000289. The van der Waals surface area contributed by atoms with Crippen molar-refractivity contribution < 1.29 is 13.2 Å². The predicted molar refractivity (Wildman–Crippen MR) is 73.4 cm³/mol. The van der Waals surface area contributed by atoms with Crippen molar-refractivity contribution in [2.75, 3.05) is 34.2 Å². The normalized spacial score (nSPS) is 21.5. The van der Waals surface area contributed by atoms with E-state index in [4.69, 9.17) is 0 Å². The van der Waals surface area contributed by atoms with Crippen molar-refractivity contribution >= 4 is 28.3 Å². The van der Waals surface area contributed by atoms with E-state index in [0.717, 1.165) is 13.0 Å². The zero-order valence-corrected chi connectivity index (χ0v) is 12.8. The average molecular weight is 300 g/mol. The van der Waals surface area contributed by atoms with E-state index in [2.05, 4.69) is 5.32 Å². The zero-order chi connectivity index (χ0) is 13.2. The Hall–Kier alpha value is -0.370. The number of nitrogens with zero attached hydrogens (tertiary/aromatic N) is 2. The molecule has 1 fully saturated rings. The number of carbonyl (C=O) groups is 1. The summed E-state index contributed by atoms with van der Waals surface area (Å²) in [6.45, 7) is 2.91. The molecule has 108 valence electrons. The Labute approximate surface area is 115 Å². The van der Waals surface area contributed by atoms with Crippen LogP contribution in [0.1, 0.15) is 13.3 Å². The molecule has 2 unspecified atom stereocenters. The van der Waals surface area contributed by atoms with E-state index in [1.807, 2.05) is 0 Å². The molecule has 6 nitrogen and oxygen atoms in total. The molecule has 1 aliphatic heterocycles. The van der Waals surface area contributed by atoms with Crippen molar-refractivity contribution in [3.8, 4) is 0 Å². The molecule has 1 saturated heterocycles. The fraction of sp³-hybridized carbons (Fsp3) is 0.900. The molecule has 0 aliphatic carbocycles. The molecule has 1 heterocycles. The maximum Gasteiger partial charge on any atom is 0.241 e. The Bertz CT molecular complexity index is 380. The van der Waals surface area contributed by atoms with Gasteiger partial charge in [-0.05, 0) is 19.9 Å². The summed E-state index contributed by atoms with van der Waals surface area (Å²) >= 11 is 0. The van der Waals surface area contributed by atoms with Crippen molar-refractivity contribution in [1.82, 2.24) is 14.5 Å². The van der Waals surface area contributed by atoms with Crippen LogP contribution < -0.4 is 5.32 Å². The lowest BCUT2D eigenvalue weighted by Gasteiger charge is -2.27. The molecule has 0 aromatic rings. The number of carbonyl (C=O) groups excluding carboxylic acids is 1. The van der Waals surface area contributed by atoms with Crippen molar-refractivity contribution in [3.05, 3.63) is 0 Å². The highest BCUT2D eigenvalue weighted by Crippen LogP contribution is 2.16. The third kappa shape index (κ3) is 3.57. The summed E-state index contributed by atoms with van der Waals surface area (Å²) in [5, 5.41) is 2.09. The van der Waals surface area contributed by atoms with E-state index in [9.17, 15) is 13.2 Å². The molecule has 1 amide bonds. The summed E-state index contributed by atoms with van der Waals surface area (Å²) in [6.07, 6.45) is 0.790. The zero-order valence-electron chi connectivity index (χ0n) is 11.2. The van der Waals surface area contributed by atoms with Gasteiger partial charge in [0.15, 0.2) is 5.25 Å². The topological polar surface area (TPSA) is 69.7 Å². The summed E-state index contributed by atoms with van der Waals surface area (Å²) in [5.41, 5.74) is 0. The monoisotopic (exact) mass is 299 g/mol. The van der Waals surface area contributed by atoms with Crippen molar-refractivity contribution in [2.45, 2.75) is 24.6 Å². The van der Waals surface area contributed by atoms with Crippen LogP contribution in [0.3, 0.4) is 0 Å². The second-order valence-electron chi connectivity index (χ2n) is 4.58. The summed E-state index contributed by atoms with van der Waals surface area (Å²) in [6, 6.07) is -0.0441. The standard InChI is InChI=1S/C10H21N3O3S.ClH/c1-8(10(14)12(2)3)17(15,16)13(4)9-5-6-11-7-9;/h8-9,11H,5-7H2,1-4H3;1H. The van der Waals surface area contributed by atoms with Gasteiger partial charge in [-0.1, -0.05) is 0 Å². The minimum atomic E-state index is -3.56. The van der Waals surface area contributed by atoms with Gasteiger partial charge in [0.25, 0.3) is 0 Å². The minimum Gasteiger partial charge on any atom is -0.348 e. The molecule has 0 aromatic carbocycles. The summed E-state index contributed by atoms with van der Waals surface area (Å²) in [7, 11) is 1.11. The van der Waals surface area contributed by atoms with Crippen LogP contribution >= 0.6 is 12.4 Å². The first-order valence-electron chi connectivity index (χ1n) is 5.67. The van der Waals surface area contributed by atoms with Crippen LogP contribution in [0.5, 0.6) is 0 Å². The van der Waals surface area contributed by atoms with E-state index >= 15 is 0 Å². The van der Waals surface area contributed by atoms with Gasteiger partial charge in [-0.2, -0.15) is 4.31 Å². The van der Waals surface area contributed by atoms with Gasteiger partial charge in [0.05, 0.1) is 0 Å². The lowest BCUT2D eigenvalue weighted by atomic mass is 10.3. The second kappa shape index (κ2) is 6.70. The third-order valence-electron chi connectivity index (χ3n) is 3.19. The van der Waals surface area contributed by atoms with Crippen molar-refractivity contribution in [1.29, 1.82) is 0 Å². The van der Waals surface area contributed by atoms with Gasteiger partial charge in [-0.15, -0.1) is 12.4 Å². The Morgan fingerprint density at radius 2 is 1.89 bits per heavy atom. The number of likely N-dealkylation sites (N-methyl/N-ethyl adjacent to an activating group) is 1. The molecule has 1 aliphatic rings. The maximum absolute atomic E-state index is 12.2. The van der Waals surface area contributed by atoms with Gasteiger partial charge in [-0.3, -0.25) is 4.79 Å². The molecule has 18 heavy (non-hydrogen) atoms. The summed E-state index contributed by atoms with van der Waals surface area (Å²) in [5.74, 6) is -0.386. The molecule has 0 bridgehead atoms. The number of halogens is 1. The summed E-state index contributed by atoms with van der Waals surface area (Å²) in [4.78, 5) is 13.0. The first-order chi connectivity index (χ1) is 7.78. The average Bonchev–Trinajstić information content (AvgIpc) is 2.78. The molecular formula is C10H22ClN3O3S. The van der Waals surface area contributed by atoms with E-state index in [1.165, 1.54) is 16.1 Å². The molecule has 0 aromatic heterocycles. The van der Waals surface area contributed by atoms with E-state index < -0.39 is 15.3 Å². The summed E-state index contributed by atoms with van der Waals surface area (Å²) < 4.78 is 25.8. The highest BCUT2D eigenvalue weighted by atomic mass is 35.5. The van der Waals surface area contributed by atoms with Crippen LogP contribution in [0, 0.1) is 0 Å². The molecule has 2 atom stereocenters. The van der Waals surface area contributed by atoms with E-state index in [0.29, 0.717) is 6.54 Å². The number of nitrogens with one attached hydrogen (secondary N) is 1. The number of hydrogen-bond acceptors (Lipinski definition) is 4. The van der Waals surface area contributed by atoms with Crippen LogP contribution in [0.15, 0.2) is 0 Å². The smallest absolute Gasteiger partial charge is 0.241 e. The van der Waals surface area contributed by atoms with E-state index in [-0.39, 0.29) is 24.4 Å². The Kier molecular flexibility index (Phi) is 6.56. The maximum atomic E-state index is 12.2. The molecule has 1 N–H and O–H groups in total. The molecule has 8 heteroatoms. The van der Waals surface area contributed by atoms with Crippen molar-refractivity contribution in [2.24, 2.45) is 0 Å². The van der Waals surface area contributed by atoms with Gasteiger partial charge < -0.3 is 10.2 Å². The number of sulfonamides is 1. The fourth-order valence-electron chi connectivity index (χ4n) is 1.90. The minimum absolute atomic E-state index is 0. The molecule has 0 spiro atoms. The van der Waals surface area contributed by atoms with Gasteiger partial charge in [0.1, 0.15) is 0 Å². The number of amides is 1. The van der Waals surface area contributed by atoms with Gasteiger partial charge in [0.2, 0.25) is 15.9 Å². The number of rotatable bonds is 4. The van der Waals surface area contributed by atoms with Crippen LogP contribution in [0.2, 0.25) is 0 Å². The third-order valence-corrected chi connectivity index (χ3v) is 5.38. The lowest BCUT2D eigenvalue weighted by Crippen LogP contribution is -2.47. The highest BCUT2D eigenvalue weighted by Gasteiger charge is 2.36. The second-order valence-corrected chi connectivity index (χ2v) is 6.90. The predicted octanol–water partition coefficient (Wildman–Crippen LogP) is -0.492. The highest BCUT2D eigenvalue weighted by molar-refractivity contribution is 7.90. The van der Waals surface area contributed by atoms with Gasteiger partial charge >= 0.3 is 0 Å². The van der Waals surface area contributed by atoms with Gasteiger partial charge in [-0.25, -0.2) is 8.42 Å². The quantitative estimate of drug-likeness (QED) is 0.760. The van der Waals surface area contributed by atoms with Crippen LogP contribution in [-0.4, -0.2) is 69.1 Å². The molecule has 1 rings (SSSR count). The van der Waals surface area contributed by atoms with Crippen LogP contribution in [0.25, 0.3) is 0 Å². The molecule has 0 radical (unpaired) electrons.